The molecular weight excluding hydrogens is 280 g/mol. The molecule has 92 valence electrons. The second-order valence-corrected chi connectivity index (χ2v) is 5.62. The molecule has 0 aliphatic carbocycles. The average Bonchev–Trinajstić information content (AvgIpc) is 2.57. The van der Waals surface area contributed by atoms with Gasteiger partial charge >= 0.3 is 0 Å². The highest BCUT2D eigenvalue weighted by Gasteiger charge is 2.31. The van der Waals surface area contributed by atoms with E-state index in [9.17, 15) is 4.79 Å². The summed E-state index contributed by atoms with van der Waals surface area (Å²) in [6.45, 7) is 4.76. The van der Waals surface area contributed by atoms with E-state index in [4.69, 9.17) is 5.73 Å². The van der Waals surface area contributed by atoms with Gasteiger partial charge in [0.25, 0.3) is 5.91 Å². The Labute approximate surface area is 110 Å². The van der Waals surface area contributed by atoms with Crippen molar-refractivity contribution in [3.63, 3.8) is 0 Å². The van der Waals surface area contributed by atoms with Crippen molar-refractivity contribution in [1.82, 2.24) is 4.90 Å². The zero-order valence-electron chi connectivity index (χ0n) is 10.1. The van der Waals surface area contributed by atoms with Crippen LogP contribution in [0.4, 0.5) is 0 Å². The van der Waals surface area contributed by atoms with Crippen molar-refractivity contribution in [1.29, 1.82) is 0 Å². The Morgan fingerprint density at radius 3 is 2.71 bits per heavy atom. The number of carbonyl (C=O) groups excluding carboxylic acids is 1. The molecule has 1 saturated heterocycles. The Kier molecular flexibility index (Phi) is 3.54. The van der Waals surface area contributed by atoms with Crippen molar-refractivity contribution in [2.75, 3.05) is 6.54 Å². The Morgan fingerprint density at radius 1 is 1.47 bits per heavy atom. The van der Waals surface area contributed by atoms with E-state index in [1.807, 2.05) is 36.9 Å². The third-order valence-corrected chi connectivity index (χ3v) is 3.82. The van der Waals surface area contributed by atoms with Crippen LogP contribution in [0, 0.1) is 6.92 Å². The minimum Gasteiger partial charge on any atom is -0.334 e. The quantitative estimate of drug-likeness (QED) is 0.864. The lowest BCUT2D eigenvalue weighted by Crippen LogP contribution is -2.40. The number of benzene rings is 1. The molecule has 4 heteroatoms. The lowest BCUT2D eigenvalue weighted by atomic mass is 10.1. The lowest BCUT2D eigenvalue weighted by Gasteiger charge is -2.23. The third kappa shape index (κ3) is 2.53. The van der Waals surface area contributed by atoms with Gasteiger partial charge < -0.3 is 10.6 Å². The molecule has 3 nitrogen and oxygen atoms in total. The maximum absolute atomic E-state index is 12.4. The van der Waals surface area contributed by atoms with Gasteiger partial charge in [-0.2, -0.15) is 0 Å². The molecular formula is C13H17BrN2O. The van der Waals surface area contributed by atoms with E-state index in [-0.39, 0.29) is 18.0 Å². The van der Waals surface area contributed by atoms with Gasteiger partial charge in [0, 0.05) is 28.7 Å². The van der Waals surface area contributed by atoms with E-state index in [1.165, 1.54) is 0 Å². The highest BCUT2D eigenvalue weighted by Crippen LogP contribution is 2.22. The molecule has 0 spiro atoms. The Bertz CT molecular complexity index is 427. The van der Waals surface area contributed by atoms with Crippen LogP contribution in [-0.2, 0) is 0 Å². The molecule has 2 N–H and O–H groups in total. The number of amides is 1. The average molecular weight is 297 g/mol. The Hall–Kier alpha value is -0.870. The molecule has 1 heterocycles. The molecule has 2 unspecified atom stereocenters. The highest BCUT2D eigenvalue weighted by atomic mass is 79.9. The van der Waals surface area contributed by atoms with Gasteiger partial charge in [0.15, 0.2) is 0 Å². The normalized spacial score (nSPS) is 24.1. The van der Waals surface area contributed by atoms with E-state index < -0.39 is 0 Å². The molecule has 0 aromatic heterocycles. The summed E-state index contributed by atoms with van der Waals surface area (Å²) < 4.78 is 0.942. The monoisotopic (exact) mass is 296 g/mol. The number of hydrogen-bond donors (Lipinski definition) is 1. The van der Waals surface area contributed by atoms with Crippen LogP contribution in [0.15, 0.2) is 22.7 Å². The predicted molar refractivity (Wildman–Crippen MR) is 72.0 cm³/mol. The van der Waals surface area contributed by atoms with Crippen molar-refractivity contribution in [3.05, 3.63) is 33.8 Å². The van der Waals surface area contributed by atoms with Gasteiger partial charge in [-0.1, -0.05) is 15.9 Å². The first-order chi connectivity index (χ1) is 7.99. The summed E-state index contributed by atoms with van der Waals surface area (Å²) in [5.41, 5.74) is 7.76. The number of hydrogen-bond acceptors (Lipinski definition) is 2. The van der Waals surface area contributed by atoms with Gasteiger partial charge in [-0.05, 0) is 44.0 Å². The number of aryl methyl sites for hydroxylation is 1. The SMILES string of the molecule is Cc1cc(Br)cc(C(=O)N2CCC(N)C2C)c1. The third-order valence-electron chi connectivity index (χ3n) is 3.36. The van der Waals surface area contributed by atoms with Gasteiger partial charge in [-0.3, -0.25) is 4.79 Å². The molecule has 0 radical (unpaired) electrons. The standard InChI is InChI=1S/C13H17BrN2O/c1-8-5-10(7-11(14)6-8)13(17)16-4-3-12(15)9(16)2/h5-7,9,12H,3-4,15H2,1-2H3. The fourth-order valence-corrected chi connectivity index (χ4v) is 2.88. The fraction of sp³-hybridized carbons (Fsp3) is 0.462. The first-order valence-electron chi connectivity index (χ1n) is 5.83. The first-order valence-corrected chi connectivity index (χ1v) is 6.62. The molecule has 1 aliphatic heterocycles. The van der Waals surface area contributed by atoms with Crippen molar-refractivity contribution in [2.24, 2.45) is 5.73 Å². The summed E-state index contributed by atoms with van der Waals surface area (Å²) in [4.78, 5) is 14.2. The Morgan fingerprint density at radius 2 is 2.18 bits per heavy atom. The molecule has 1 aromatic rings. The van der Waals surface area contributed by atoms with Gasteiger partial charge in [-0.25, -0.2) is 0 Å². The summed E-state index contributed by atoms with van der Waals surface area (Å²) >= 11 is 3.42. The second-order valence-electron chi connectivity index (χ2n) is 4.71. The van der Waals surface area contributed by atoms with Crippen LogP contribution in [0.2, 0.25) is 0 Å². The van der Waals surface area contributed by atoms with Gasteiger partial charge in [0.05, 0.1) is 0 Å². The van der Waals surface area contributed by atoms with E-state index in [0.717, 1.165) is 28.6 Å². The van der Waals surface area contributed by atoms with Crippen LogP contribution in [0.3, 0.4) is 0 Å². The maximum atomic E-state index is 12.4. The summed E-state index contributed by atoms with van der Waals surface area (Å²) in [6, 6.07) is 6.01. The van der Waals surface area contributed by atoms with Crippen LogP contribution in [-0.4, -0.2) is 29.4 Å². The number of carbonyl (C=O) groups is 1. The molecule has 0 saturated carbocycles. The first kappa shape index (κ1) is 12.6. The summed E-state index contributed by atoms with van der Waals surface area (Å²) in [5, 5.41) is 0. The summed E-state index contributed by atoms with van der Waals surface area (Å²) in [7, 11) is 0. The molecule has 0 bridgehead atoms. The minimum absolute atomic E-state index is 0.0786. The minimum atomic E-state index is 0.0786. The van der Waals surface area contributed by atoms with Gasteiger partial charge in [-0.15, -0.1) is 0 Å². The van der Waals surface area contributed by atoms with Crippen molar-refractivity contribution in [2.45, 2.75) is 32.4 Å². The summed E-state index contributed by atoms with van der Waals surface area (Å²) in [5.74, 6) is 0.0786. The van der Waals surface area contributed by atoms with Crippen LogP contribution >= 0.6 is 15.9 Å². The lowest BCUT2D eigenvalue weighted by molar-refractivity contribution is 0.0742. The number of halogens is 1. The van der Waals surface area contributed by atoms with Gasteiger partial charge in [0.2, 0.25) is 0 Å². The fourth-order valence-electron chi connectivity index (χ4n) is 2.28. The van der Waals surface area contributed by atoms with Crippen molar-refractivity contribution >= 4 is 21.8 Å². The highest BCUT2D eigenvalue weighted by molar-refractivity contribution is 9.10. The van der Waals surface area contributed by atoms with E-state index >= 15 is 0 Å². The molecule has 2 atom stereocenters. The molecule has 1 amide bonds. The maximum Gasteiger partial charge on any atom is 0.254 e. The van der Waals surface area contributed by atoms with E-state index in [2.05, 4.69) is 15.9 Å². The number of nitrogens with zero attached hydrogens (tertiary/aromatic N) is 1. The van der Waals surface area contributed by atoms with Crippen molar-refractivity contribution in [3.8, 4) is 0 Å². The van der Waals surface area contributed by atoms with Crippen LogP contribution in [0.1, 0.15) is 29.3 Å². The second kappa shape index (κ2) is 4.78. The zero-order chi connectivity index (χ0) is 12.6. The molecule has 1 aliphatic rings. The van der Waals surface area contributed by atoms with Gasteiger partial charge in [0.1, 0.15) is 0 Å². The van der Waals surface area contributed by atoms with Crippen molar-refractivity contribution < 1.29 is 4.79 Å². The van der Waals surface area contributed by atoms with Crippen LogP contribution in [0.5, 0.6) is 0 Å². The van der Waals surface area contributed by atoms with Crippen LogP contribution in [0.25, 0.3) is 0 Å². The van der Waals surface area contributed by atoms with E-state index in [0.29, 0.717) is 0 Å². The smallest absolute Gasteiger partial charge is 0.254 e. The van der Waals surface area contributed by atoms with Crippen LogP contribution < -0.4 is 5.73 Å². The number of rotatable bonds is 1. The molecule has 1 fully saturated rings. The number of likely N-dealkylation sites (tertiary alicyclic amines) is 1. The molecule has 17 heavy (non-hydrogen) atoms. The topological polar surface area (TPSA) is 46.3 Å². The summed E-state index contributed by atoms with van der Waals surface area (Å²) in [6.07, 6.45) is 0.889. The largest absolute Gasteiger partial charge is 0.334 e. The zero-order valence-corrected chi connectivity index (χ0v) is 11.7. The predicted octanol–water partition coefficient (Wildman–Crippen LogP) is 2.32. The number of nitrogens with two attached hydrogens (primary N) is 1. The molecule has 1 aromatic carbocycles. The van der Waals surface area contributed by atoms with E-state index in [1.54, 1.807) is 0 Å². The molecule has 2 rings (SSSR count). The Balaban J connectivity index is 2.25.